The summed E-state index contributed by atoms with van der Waals surface area (Å²) in [5, 5.41) is 0. The number of methoxy groups -OCH3 is 1. The van der Waals surface area contributed by atoms with Crippen molar-refractivity contribution in [2.24, 2.45) is 11.8 Å². The lowest BCUT2D eigenvalue weighted by Crippen LogP contribution is -2.25. The molecular formula is C11H18O3. The summed E-state index contributed by atoms with van der Waals surface area (Å²) in [6, 6.07) is 0. The molecule has 0 aromatic rings. The van der Waals surface area contributed by atoms with Gasteiger partial charge in [0.05, 0.1) is 18.6 Å². The quantitative estimate of drug-likeness (QED) is 0.602. The molecule has 3 atom stereocenters. The Morgan fingerprint density at radius 1 is 1.50 bits per heavy atom. The van der Waals surface area contributed by atoms with E-state index in [1.807, 2.05) is 0 Å². The van der Waals surface area contributed by atoms with E-state index in [4.69, 9.17) is 9.47 Å². The van der Waals surface area contributed by atoms with Crippen LogP contribution in [-0.4, -0.2) is 25.3 Å². The van der Waals surface area contributed by atoms with Crippen molar-refractivity contribution in [3.8, 4) is 0 Å². The van der Waals surface area contributed by atoms with Crippen molar-refractivity contribution in [2.45, 2.75) is 38.2 Å². The molecule has 0 amide bonds. The molecular weight excluding hydrogens is 180 g/mol. The Hall–Kier alpha value is -0.570. The fraction of sp³-hybridized carbons (Fsp3) is 0.909. The molecule has 1 aliphatic heterocycles. The molecule has 1 aliphatic carbocycles. The summed E-state index contributed by atoms with van der Waals surface area (Å²) in [4.78, 5) is 11.5. The van der Waals surface area contributed by atoms with Gasteiger partial charge < -0.3 is 9.47 Å². The van der Waals surface area contributed by atoms with Gasteiger partial charge in [-0.25, -0.2) is 0 Å². The van der Waals surface area contributed by atoms with E-state index in [0.29, 0.717) is 5.92 Å². The summed E-state index contributed by atoms with van der Waals surface area (Å²) in [6.45, 7) is 2.98. The summed E-state index contributed by atoms with van der Waals surface area (Å²) < 4.78 is 10.6. The Labute approximate surface area is 84.8 Å². The van der Waals surface area contributed by atoms with E-state index in [2.05, 4.69) is 6.92 Å². The lowest BCUT2D eigenvalue weighted by molar-refractivity contribution is -0.147. The maximum Gasteiger partial charge on any atom is 0.309 e. The molecule has 1 spiro atoms. The highest BCUT2D eigenvalue weighted by Crippen LogP contribution is 2.47. The molecule has 0 N–H and O–H groups in total. The van der Waals surface area contributed by atoms with Crippen LogP contribution in [0.1, 0.15) is 32.6 Å². The summed E-state index contributed by atoms with van der Waals surface area (Å²) in [7, 11) is 1.47. The summed E-state index contributed by atoms with van der Waals surface area (Å²) in [5.74, 6) is 0.392. The summed E-state index contributed by atoms with van der Waals surface area (Å²) >= 11 is 0. The van der Waals surface area contributed by atoms with Crippen LogP contribution in [0.2, 0.25) is 0 Å². The van der Waals surface area contributed by atoms with Crippen LogP contribution in [0.3, 0.4) is 0 Å². The number of rotatable bonds is 1. The zero-order valence-corrected chi connectivity index (χ0v) is 8.91. The van der Waals surface area contributed by atoms with Crippen LogP contribution >= 0.6 is 0 Å². The predicted octanol–water partition coefficient (Wildman–Crippen LogP) is 1.75. The Morgan fingerprint density at radius 3 is 2.86 bits per heavy atom. The first-order chi connectivity index (χ1) is 6.67. The number of esters is 1. The van der Waals surface area contributed by atoms with E-state index in [1.54, 1.807) is 0 Å². The standard InChI is InChI=1S/C11H18O3/c1-8-6-11(4-3-5-14-11)7-9(8)10(12)13-2/h8-9H,3-7H2,1-2H3/t8-,9?,11?/m1/s1. The van der Waals surface area contributed by atoms with Gasteiger partial charge in [-0.05, 0) is 31.6 Å². The van der Waals surface area contributed by atoms with Gasteiger partial charge >= 0.3 is 5.97 Å². The van der Waals surface area contributed by atoms with E-state index >= 15 is 0 Å². The normalized spacial score (nSPS) is 41.9. The maximum atomic E-state index is 11.5. The van der Waals surface area contributed by atoms with E-state index in [0.717, 1.165) is 32.3 Å². The van der Waals surface area contributed by atoms with Gasteiger partial charge in [0.25, 0.3) is 0 Å². The largest absolute Gasteiger partial charge is 0.469 e. The van der Waals surface area contributed by atoms with Gasteiger partial charge in [0.2, 0.25) is 0 Å². The summed E-state index contributed by atoms with van der Waals surface area (Å²) in [5.41, 5.74) is 0.0122. The lowest BCUT2D eigenvalue weighted by atomic mass is 9.97. The van der Waals surface area contributed by atoms with Gasteiger partial charge in [-0.1, -0.05) is 6.92 Å². The molecule has 2 unspecified atom stereocenters. The third kappa shape index (κ3) is 1.54. The smallest absolute Gasteiger partial charge is 0.309 e. The lowest BCUT2D eigenvalue weighted by Gasteiger charge is -2.21. The molecule has 3 nitrogen and oxygen atoms in total. The van der Waals surface area contributed by atoms with Crippen LogP contribution < -0.4 is 0 Å². The average molecular weight is 198 g/mol. The van der Waals surface area contributed by atoms with E-state index in [-0.39, 0.29) is 17.5 Å². The van der Waals surface area contributed by atoms with Gasteiger partial charge in [0.1, 0.15) is 0 Å². The molecule has 80 valence electrons. The minimum Gasteiger partial charge on any atom is -0.469 e. The molecule has 14 heavy (non-hydrogen) atoms. The fourth-order valence-corrected chi connectivity index (χ4v) is 2.96. The number of ether oxygens (including phenoxy) is 2. The third-order valence-electron chi connectivity index (χ3n) is 3.66. The van der Waals surface area contributed by atoms with Gasteiger partial charge in [0.15, 0.2) is 0 Å². The van der Waals surface area contributed by atoms with Crippen LogP contribution in [0.25, 0.3) is 0 Å². The van der Waals surface area contributed by atoms with Crippen molar-refractivity contribution < 1.29 is 14.3 Å². The molecule has 0 bridgehead atoms. The van der Waals surface area contributed by atoms with Gasteiger partial charge in [0, 0.05) is 6.61 Å². The third-order valence-corrected chi connectivity index (χ3v) is 3.66. The highest BCUT2D eigenvalue weighted by molar-refractivity contribution is 5.73. The second-order valence-electron chi connectivity index (χ2n) is 4.65. The Balaban J connectivity index is 2.06. The SMILES string of the molecule is COC(=O)C1CC2(CCCO2)C[C@H]1C. The fourth-order valence-electron chi connectivity index (χ4n) is 2.96. The molecule has 0 radical (unpaired) electrons. The first-order valence-corrected chi connectivity index (χ1v) is 5.39. The molecule has 1 heterocycles. The van der Waals surface area contributed by atoms with Gasteiger partial charge in [-0.15, -0.1) is 0 Å². The number of carbonyl (C=O) groups is 1. The van der Waals surface area contributed by atoms with E-state index < -0.39 is 0 Å². The number of hydrogen-bond donors (Lipinski definition) is 0. The summed E-state index contributed by atoms with van der Waals surface area (Å²) in [6.07, 6.45) is 4.14. The van der Waals surface area contributed by atoms with Gasteiger partial charge in [-0.3, -0.25) is 4.79 Å². The van der Waals surface area contributed by atoms with Crippen molar-refractivity contribution in [2.75, 3.05) is 13.7 Å². The topological polar surface area (TPSA) is 35.5 Å². The number of hydrogen-bond acceptors (Lipinski definition) is 3. The van der Waals surface area contributed by atoms with Crippen LogP contribution in [0.4, 0.5) is 0 Å². The molecule has 0 aromatic heterocycles. The first kappa shape index (κ1) is 9.97. The predicted molar refractivity (Wildman–Crippen MR) is 51.8 cm³/mol. The van der Waals surface area contributed by atoms with Crippen LogP contribution in [0.5, 0.6) is 0 Å². The second-order valence-corrected chi connectivity index (χ2v) is 4.65. The van der Waals surface area contributed by atoms with Gasteiger partial charge in [-0.2, -0.15) is 0 Å². The van der Waals surface area contributed by atoms with E-state index in [1.165, 1.54) is 7.11 Å². The minimum absolute atomic E-state index is 0.0122. The van der Waals surface area contributed by atoms with Crippen molar-refractivity contribution >= 4 is 5.97 Å². The molecule has 2 fully saturated rings. The molecule has 0 aromatic carbocycles. The molecule has 3 heteroatoms. The average Bonchev–Trinajstić information content (AvgIpc) is 2.74. The minimum atomic E-state index is -0.0649. The molecule has 1 saturated heterocycles. The zero-order valence-electron chi connectivity index (χ0n) is 8.91. The van der Waals surface area contributed by atoms with Crippen LogP contribution in [0, 0.1) is 11.8 Å². The Kier molecular flexibility index (Phi) is 2.52. The first-order valence-electron chi connectivity index (χ1n) is 5.39. The highest BCUT2D eigenvalue weighted by Gasteiger charge is 2.49. The maximum absolute atomic E-state index is 11.5. The van der Waals surface area contributed by atoms with Crippen LogP contribution in [0.15, 0.2) is 0 Å². The second kappa shape index (κ2) is 3.54. The number of carbonyl (C=O) groups excluding carboxylic acids is 1. The Morgan fingerprint density at radius 2 is 2.29 bits per heavy atom. The molecule has 1 saturated carbocycles. The highest BCUT2D eigenvalue weighted by atomic mass is 16.5. The van der Waals surface area contributed by atoms with Crippen molar-refractivity contribution in [3.63, 3.8) is 0 Å². The van der Waals surface area contributed by atoms with Crippen molar-refractivity contribution in [1.29, 1.82) is 0 Å². The Bertz CT molecular complexity index is 231. The van der Waals surface area contributed by atoms with Crippen molar-refractivity contribution in [1.82, 2.24) is 0 Å². The molecule has 2 rings (SSSR count). The zero-order chi connectivity index (χ0) is 10.2. The van der Waals surface area contributed by atoms with E-state index in [9.17, 15) is 4.79 Å². The van der Waals surface area contributed by atoms with Crippen molar-refractivity contribution in [3.05, 3.63) is 0 Å². The monoisotopic (exact) mass is 198 g/mol. The van der Waals surface area contributed by atoms with Crippen LogP contribution in [-0.2, 0) is 14.3 Å². The molecule has 2 aliphatic rings.